The van der Waals surface area contributed by atoms with Gasteiger partial charge in [-0.15, -0.1) is 0 Å². The first-order chi connectivity index (χ1) is 9.22. The van der Waals surface area contributed by atoms with Crippen LogP contribution in [0, 0.1) is 0 Å². The van der Waals surface area contributed by atoms with E-state index in [1.165, 1.54) is 11.5 Å². The second kappa shape index (κ2) is 6.61. The molecule has 2 aromatic rings. The molecule has 0 aliphatic rings. The Morgan fingerprint density at radius 1 is 1.47 bits per heavy atom. The van der Waals surface area contributed by atoms with E-state index in [0.29, 0.717) is 11.9 Å². The fourth-order valence-corrected chi connectivity index (χ4v) is 2.82. The minimum atomic E-state index is 0.436. The second-order valence-corrected chi connectivity index (χ2v) is 5.88. The van der Waals surface area contributed by atoms with Crippen LogP contribution < -0.4 is 5.73 Å². The van der Waals surface area contributed by atoms with Gasteiger partial charge in [-0.05, 0) is 37.0 Å². The number of anilines is 1. The van der Waals surface area contributed by atoms with Crippen LogP contribution in [0.15, 0.2) is 30.9 Å². The van der Waals surface area contributed by atoms with Gasteiger partial charge in [0.15, 0.2) is 0 Å². The van der Waals surface area contributed by atoms with Crippen LogP contribution in [-0.2, 0) is 0 Å². The summed E-state index contributed by atoms with van der Waals surface area (Å²) in [7, 11) is 0. The summed E-state index contributed by atoms with van der Waals surface area (Å²) < 4.78 is 2.21. The quantitative estimate of drug-likeness (QED) is 0.823. The molecule has 1 atom stereocenters. The highest BCUT2D eigenvalue weighted by molar-refractivity contribution is 7.99. The summed E-state index contributed by atoms with van der Waals surface area (Å²) in [6.45, 7) is 4.42. The van der Waals surface area contributed by atoms with E-state index in [4.69, 9.17) is 5.73 Å². The summed E-state index contributed by atoms with van der Waals surface area (Å²) in [5, 5.41) is 0. The Labute approximate surface area is 118 Å². The maximum absolute atomic E-state index is 5.74. The van der Waals surface area contributed by atoms with Gasteiger partial charge in [-0.3, -0.25) is 0 Å². The van der Waals surface area contributed by atoms with Gasteiger partial charge in [-0.2, -0.15) is 11.8 Å². The molecule has 2 heterocycles. The van der Waals surface area contributed by atoms with E-state index in [2.05, 4.69) is 28.4 Å². The molecule has 102 valence electrons. The zero-order valence-corrected chi connectivity index (χ0v) is 12.2. The van der Waals surface area contributed by atoms with Crippen molar-refractivity contribution in [3.63, 3.8) is 0 Å². The average Bonchev–Trinajstić information content (AvgIpc) is 2.88. The standard InChI is InChI=1S/C14H20N4S/c1-3-19-7-5-11(2)18-10-16-9-13(18)12-4-6-17-14(15)8-12/h4,6,8-11H,3,5,7H2,1-2H3,(H2,15,17). The number of hydrogen-bond donors (Lipinski definition) is 1. The molecule has 0 bridgehead atoms. The molecule has 0 aliphatic heterocycles. The number of hydrogen-bond acceptors (Lipinski definition) is 4. The van der Waals surface area contributed by atoms with Gasteiger partial charge < -0.3 is 10.3 Å². The van der Waals surface area contributed by atoms with Crippen LogP contribution in [0.4, 0.5) is 5.82 Å². The van der Waals surface area contributed by atoms with Crippen molar-refractivity contribution in [1.82, 2.24) is 14.5 Å². The zero-order valence-electron chi connectivity index (χ0n) is 11.4. The maximum atomic E-state index is 5.74. The van der Waals surface area contributed by atoms with Crippen molar-refractivity contribution in [1.29, 1.82) is 0 Å². The summed E-state index contributed by atoms with van der Waals surface area (Å²) in [6.07, 6.45) is 6.66. The first kappa shape index (κ1) is 13.9. The predicted molar refractivity (Wildman–Crippen MR) is 82.2 cm³/mol. The Morgan fingerprint density at radius 3 is 3.05 bits per heavy atom. The third-order valence-corrected chi connectivity index (χ3v) is 4.03. The lowest BCUT2D eigenvalue weighted by Crippen LogP contribution is -2.07. The van der Waals surface area contributed by atoms with Gasteiger partial charge in [0.05, 0.1) is 18.2 Å². The fourth-order valence-electron chi connectivity index (χ4n) is 2.02. The van der Waals surface area contributed by atoms with E-state index in [-0.39, 0.29) is 0 Å². The van der Waals surface area contributed by atoms with Gasteiger partial charge in [0.2, 0.25) is 0 Å². The Bertz CT molecular complexity index is 524. The van der Waals surface area contributed by atoms with Crippen molar-refractivity contribution in [3.8, 4) is 11.3 Å². The first-order valence-corrected chi connectivity index (χ1v) is 7.69. The summed E-state index contributed by atoms with van der Waals surface area (Å²) >= 11 is 1.97. The fraction of sp³-hybridized carbons (Fsp3) is 0.429. The number of pyridine rings is 1. The minimum absolute atomic E-state index is 0.436. The molecule has 2 rings (SSSR count). The number of imidazole rings is 1. The molecule has 0 fully saturated rings. The van der Waals surface area contributed by atoms with Crippen molar-refractivity contribution in [3.05, 3.63) is 30.9 Å². The van der Waals surface area contributed by atoms with Crippen LogP contribution in [0.5, 0.6) is 0 Å². The number of rotatable bonds is 6. The Balaban J connectivity index is 2.17. The van der Waals surface area contributed by atoms with Crippen LogP contribution >= 0.6 is 11.8 Å². The SMILES string of the molecule is CCSCCC(C)n1cncc1-c1ccnc(N)c1. The van der Waals surface area contributed by atoms with Gasteiger partial charge >= 0.3 is 0 Å². The molecule has 0 spiro atoms. The summed E-state index contributed by atoms with van der Waals surface area (Å²) in [5.41, 5.74) is 7.91. The van der Waals surface area contributed by atoms with E-state index in [1.54, 1.807) is 6.20 Å². The summed E-state index contributed by atoms with van der Waals surface area (Å²) in [6, 6.07) is 4.30. The Hall–Kier alpha value is -1.49. The molecule has 5 heteroatoms. The van der Waals surface area contributed by atoms with E-state index in [1.807, 2.05) is 36.4 Å². The molecule has 0 radical (unpaired) electrons. The lowest BCUT2D eigenvalue weighted by atomic mass is 10.1. The molecule has 2 aromatic heterocycles. The molecule has 19 heavy (non-hydrogen) atoms. The van der Waals surface area contributed by atoms with Crippen molar-refractivity contribution in [2.24, 2.45) is 0 Å². The lowest BCUT2D eigenvalue weighted by molar-refractivity contribution is 0.539. The van der Waals surface area contributed by atoms with Crippen LogP contribution in [0.1, 0.15) is 26.3 Å². The minimum Gasteiger partial charge on any atom is -0.384 e. The number of aromatic nitrogens is 3. The van der Waals surface area contributed by atoms with Gasteiger partial charge in [0.1, 0.15) is 5.82 Å². The summed E-state index contributed by atoms with van der Waals surface area (Å²) in [5.74, 6) is 2.89. The lowest BCUT2D eigenvalue weighted by Gasteiger charge is -2.16. The normalized spacial score (nSPS) is 12.5. The molecule has 0 aromatic carbocycles. The van der Waals surface area contributed by atoms with E-state index in [9.17, 15) is 0 Å². The van der Waals surface area contributed by atoms with Crippen molar-refractivity contribution in [2.75, 3.05) is 17.2 Å². The maximum Gasteiger partial charge on any atom is 0.123 e. The van der Waals surface area contributed by atoms with Gasteiger partial charge in [0, 0.05) is 17.8 Å². The predicted octanol–water partition coefficient (Wildman–Crippen LogP) is 3.23. The van der Waals surface area contributed by atoms with Crippen molar-refractivity contribution in [2.45, 2.75) is 26.3 Å². The molecule has 2 N–H and O–H groups in total. The molecular weight excluding hydrogens is 256 g/mol. The second-order valence-electron chi connectivity index (χ2n) is 4.49. The number of thioether (sulfide) groups is 1. The van der Waals surface area contributed by atoms with E-state index >= 15 is 0 Å². The van der Waals surface area contributed by atoms with Crippen LogP contribution in [0.3, 0.4) is 0 Å². The third-order valence-electron chi connectivity index (χ3n) is 3.10. The zero-order chi connectivity index (χ0) is 13.7. The molecule has 0 saturated carbocycles. The first-order valence-electron chi connectivity index (χ1n) is 6.53. The van der Waals surface area contributed by atoms with Gasteiger partial charge in [-0.25, -0.2) is 9.97 Å². The molecular formula is C14H20N4S. The summed E-state index contributed by atoms with van der Waals surface area (Å²) in [4.78, 5) is 8.30. The number of nitrogen functional groups attached to an aromatic ring is 1. The molecule has 0 saturated heterocycles. The average molecular weight is 276 g/mol. The molecule has 1 unspecified atom stereocenters. The van der Waals surface area contributed by atoms with E-state index < -0.39 is 0 Å². The highest BCUT2D eigenvalue weighted by atomic mass is 32.2. The monoisotopic (exact) mass is 276 g/mol. The van der Waals surface area contributed by atoms with Crippen molar-refractivity contribution < 1.29 is 0 Å². The number of nitrogens with two attached hydrogens (primary N) is 1. The smallest absolute Gasteiger partial charge is 0.123 e. The van der Waals surface area contributed by atoms with Crippen LogP contribution in [-0.4, -0.2) is 26.0 Å². The largest absolute Gasteiger partial charge is 0.384 e. The third kappa shape index (κ3) is 3.50. The topological polar surface area (TPSA) is 56.7 Å². The van der Waals surface area contributed by atoms with E-state index in [0.717, 1.165) is 17.7 Å². The van der Waals surface area contributed by atoms with Crippen molar-refractivity contribution >= 4 is 17.6 Å². The Morgan fingerprint density at radius 2 is 2.32 bits per heavy atom. The molecule has 0 aliphatic carbocycles. The Kier molecular flexibility index (Phi) is 4.85. The molecule has 0 amide bonds. The molecule has 4 nitrogen and oxygen atoms in total. The van der Waals surface area contributed by atoms with Gasteiger partial charge in [-0.1, -0.05) is 6.92 Å². The number of nitrogens with zero attached hydrogens (tertiary/aromatic N) is 3. The van der Waals surface area contributed by atoms with Crippen LogP contribution in [0.25, 0.3) is 11.3 Å². The highest BCUT2D eigenvalue weighted by Crippen LogP contribution is 2.25. The van der Waals surface area contributed by atoms with Crippen LogP contribution in [0.2, 0.25) is 0 Å². The highest BCUT2D eigenvalue weighted by Gasteiger charge is 2.11. The van der Waals surface area contributed by atoms with Gasteiger partial charge in [0.25, 0.3) is 0 Å².